The molecular weight excluding hydrogens is 220 g/mol. The molecule has 7 heteroatoms. The van der Waals surface area contributed by atoms with Gasteiger partial charge in [-0.25, -0.2) is 18.6 Å². The van der Waals surface area contributed by atoms with E-state index in [1.54, 1.807) is 0 Å². The van der Waals surface area contributed by atoms with Gasteiger partial charge in [0.15, 0.2) is 5.69 Å². The molecule has 5 nitrogen and oxygen atoms in total. The van der Waals surface area contributed by atoms with E-state index >= 15 is 0 Å². The molecule has 0 atom stereocenters. The van der Waals surface area contributed by atoms with E-state index < -0.39 is 18.0 Å². The molecule has 0 amide bonds. The second kappa shape index (κ2) is 4.84. The van der Waals surface area contributed by atoms with Crippen LogP contribution in [0.1, 0.15) is 28.2 Å². The van der Waals surface area contributed by atoms with Gasteiger partial charge >= 0.3 is 5.97 Å². The minimum absolute atomic E-state index is 0.101. The Bertz CT molecular complexity index is 410. The molecule has 0 aliphatic heterocycles. The molecule has 0 aromatic carbocycles. The maximum Gasteiger partial charge on any atom is 0.356 e. The summed E-state index contributed by atoms with van der Waals surface area (Å²) < 4.78 is 29.6. The highest BCUT2D eigenvalue weighted by Crippen LogP contribution is 2.28. The normalized spacial score (nSPS) is 10.6. The lowest BCUT2D eigenvalue weighted by Gasteiger charge is -2.11. The van der Waals surface area contributed by atoms with Crippen molar-refractivity contribution < 1.29 is 18.3 Å². The van der Waals surface area contributed by atoms with E-state index in [0.717, 1.165) is 13.2 Å². The minimum Gasteiger partial charge on any atom is -0.464 e. The molecule has 0 bridgehead atoms. The lowest BCUT2D eigenvalue weighted by atomic mass is 10.1. The van der Waals surface area contributed by atoms with Crippen LogP contribution < -0.4 is 11.5 Å². The Morgan fingerprint density at radius 1 is 1.62 bits per heavy atom. The number of anilines is 1. The Morgan fingerprint density at radius 2 is 2.25 bits per heavy atom. The van der Waals surface area contributed by atoms with E-state index in [-0.39, 0.29) is 23.6 Å². The number of rotatable bonds is 3. The fourth-order valence-electron chi connectivity index (χ4n) is 1.25. The SMILES string of the molecule is COC(=O)c1cc(N)c(C(F)F)c(CN)n1. The van der Waals surface area contributed by atoms with Gasteiger partial charge in [-0.3, -0.25) is 0 Å². The molecule has 0 spiro atoms. The fraction of sp³-hybridized carbons (Fsp3) is 0.333. The van der Waals surface area contributed by atoms with Crippen LogP contribution in [0, 0.1) is 0 Å². The lowest BCUT2D eigenvalue weighted by Crippen LogP contribution is -2.13. The van der Waals surface area contributed by atoms with E-state index in [9.17, 15) is 13.6 Å². The van der Waals surface area contributed by atoms with Crippen LogP contribution in [0.4, 0.5) is 14.5 Å². The number of pyridine rings is 1. The second-order valence-corrected chi connectivity index (χ2v) is 2.95. The third kappa shape index (κ3) is 2.25. The van der Waals surface area contributed by atoms with Gasteiger partial charge in [-0.2, -0.15) is 0 Å². The molecule has 0 saturated carbocycles. The van der Waals surface area contributed by atoms with Gasteiger partial charge in [-0.15, -0.1) is 0 Å². The Hall–Kier alpha value is -1.76. The number of carbonyl (C=O) groups excluding carboxylic acids is 1. The topological polar surface area (TPSA) is 91.2 Å². The average molecular weight is 231 g/mol. The van der Waals surface area contributed by atoms with E-state index in [1.807, 2.05) is 0 Å². The highest BCUT2D eigenvalue weighted by molar-refractivity contribution is 5.88. The van der Waals surface area contributed by atoms with Gasteiger partial charge in [0.1, 0.15) is 0 Å². The van der Waals surface area contributed by atoms with Crippen molar-refractivity contribution in [1.29, 1.82) is 0 Å². The van der Waals surface area contributed by atoms with Crippen LogP contribution >= 0.6 is 0 Å². The van der Waals surface area contributed by atoms with Crippen molar-refractivity contribution in [1.82, 2.24) is 4.98 Å². The number of ether oxygens (including phenoxy) is 1. The van der Waals surface area contributed by atoms with Gasteiger partial charge in [0.2, 0.25) is 0 Å². The van der Waals surface area contributed by atoms with Crippen molar-refractivity contribution in [3.63, 3.8) is 0 Å². The zero-order valence-corrected chi connectivity index (χ0v) is 8.54. The first-order valence-electron chi connectivity index (χ1n) is 4.37. The van der Waals surface area contributed by atoms with Gasteiger partial charge in [0, 0.05) is 12.2 Å². The summed E-state index contributed by atoms with van der Waals surface area (Å²) in [6.07, 6.45) is -2.78. The summed E-state index contributed by atoms with van der Waals surface area (Å²) >= 11 is 0. The summed E-state index contributed by atoms with van der Waals surface area (Å²) in [6, 6.07) is 1.05. The molecule has 0 saturated heterocycles. The van der Waals surface area contributed by atoms with Crippen molar-refractivity contribution in [2.45, 2.75) is 13.0 Å². The number of alkyl halides is 2. The van der Waals surface area contributed by atoms with Crippen LogP contribution in [-0.2, 0) is 11.3 Å². The summed E-state index contributed by atoms with van der Waals surface area (Å²) in [5, 5.41) is 0. The van der Waals surface area contributed by atoms with Gasteiger partial charge in [0.25, 0.3) is 6.43 Å². The Labute approximate surface area is 90.4 Å². The van der Waals surface area contributed by atoms with Crippen LogP contribution in [0.3, 0.4) is 0 Å². The zero-order valence-electron chi connectivity index (χ0n) is 8.54. The first-order valence-corrected chi connectivity index (χ1v) is 4.37. The predicted molar refractivity (Wildman–Crippen MR) is 52.8 cm³/mol. The molecular formula is C9H11F2N3O2. The summed E-state index contributed by atoms with van der Waals surface area (Å²) in [5.74, 6) is -0.748. The number of hydrogen-bond acceptors (Lipinski definition) is 5. The van der Waals surface area contributed by atoms with Crippen molar-refractivity contribution >= 4 is 11.7 Å². The number of nitrogens with two attached hydrogens (primary N) is 2. The van der Waals surface area contributed by atoms with E-state index in [2.05, 4.69) is 9.72 Å². The van der Waals surface area contributed by atoms with Gasteiger partial charge in [0.05, 0.1) is 18.4 Å². The molecule has 16 heavy (non-hydrogen) atoms. The first-order chi connectivity index (χ1) is 7.51. The molecule has 0 fully saturated rings. The third-order valence-corrected chi connectivity index (χ3v) is 1.98. The van der Waals surface area contributed by atoms with Crippen molar-refractivity contribution in [2.75, 3.05) is 12.8 Å². The van der Waals surface area contributed by atoms with E-state index in [0.29, 0.717) is 0 Å². The number of carbonyl (C=O) groups is 1. The maximum absolute atomic E-state index is 12.6. The van der Waals surface area contributed by atoms with Crippen LogP contribution in [0.2, 0.25) is 0 Å². The Kier molecular flexibility index (Phi) is 3.73. The molecule has 0 aliphatic carbocycles. The monoisotopic (exact) mass is 231 g/mol. The Morgan fingerprint density at radius 3 is 2.69 bits per heavy atom. The van der Waals surface area contributed by atoms with Crippen LogP contribution in [-0.4, -0.2) is 18.1 Å². The lowest BCUT2D eigenvalue weighted by molar-refractivity contribution is 0.0593. The molecule has 88 valence electrons. The quantitative estimate of drug-likeness (QED) is 0.752. The summed E-state index contributed by atoms with van der Waals surface area (Å²) in [6.45, 7) is -0.227. The molecule has 0 radical (unpaired) electrons. The molecule has 1 heterocycles. The second-order valence-electron chi connectivity index (χ2n) is 2.95. The molecule has 0 aliphatic rings. The predicted octanol–water partition coefficient (Wildman–Crippen LogP) is 0.847. The van der Waals surface area contributed by atoms with Crippen LogP contribution in [0.5, 0.6) is 0 Å². The number of aromatic nitrogens is 1. The number of halogens is 2. The molecule has 0 unspecified atom stereocenters. The summed E-state index contributed by atoms with van der Waals surface area (Å²) in [7, 11) is 1.16. The molecule has 4 N–H and O–H groups in total. The number of esters is 1. The average Bonchev–Trinajstić information content (AvgIpc) is 2.26. The summed E-state index contributed by atoms with van der Waals surface area (Å²) in [5.41, 5.74) is 9.78. The number of nitrogen functional groups attached to an aromatic ring is 1. The Balaban J connectivity index is 3.32. The fourth-order valence-corrected chi connectivity index (χ4v) is 1.25. The molecule has 1 aromatic rings. The van der Waals surface area contributed by atoms with Crippen LogP contribution in [0.15, 0.2) is 6.07 Å². The van der Waals surface area contributed by atoms with Gasteiger partial charge < -0.3 is 16.2 Å². The highest BCUT2D eigenvalue weighted by atomic mass is 19.3. The van der Waals surface area contributed by atoms with Gasteiger partial charge in [-0.1, -0.05) is 0 Å². The smallest absolute Gasteiger partial charge is 0.356 e. The maximum atomic E-state index is 12.6. The first kappa shape index (κ1) is 12.3. The third-order valence-electron chi connectivity index (χ3n) is 1.98. The molecule has 1 rings (SSSR count). The van der Waals surface area contributed by atoms with Crippen molar-refractivity contribution in [3.8, 4) is 0 Å². The highest BCUT2D eigenvalue weighted by Gasteiger charge is 2.20. The van der Waals surface area contributed by atoms with E-state index in [4.69, 9.17) is 11.5 Å². The molecule has 1 aromatic heterocycles. The van der Waals surface area contributed by atoms with Crippen LogP contribution in [0.25, 0.3) is 0 Å². The largest absolute Gasteiger partial charge is 0.464 e. The summed E-state index contributed by atoms with van der Waals surface area (Å²) in [4.78, 5) is 14.8. The van der Waals surface area contributed by atoms with Crippen molar-refractivity contribution in [2.24, 2.45) is 5.73 Å². The number of methoxy groups -OCH3 is 1. The van der Waals surface area contributed by atoms with Crippen molar-refractivity contribution in [3.05, 3.63) is 23.0 Å². The number of nitrogens with zero attached hydrogens (tertiary/aromatic N) is 1. The minimum atomic E-state index is -2.78. The van der Waals surface area contributed by atoms with E-state index in [1.165, 1.54) is 0 Å². The standard InChI is InChI=1S/C9H11F2N3O2/c1-16-9(15)5-2-4(13)7(8(10)11)6(3-12)14-5/h2,8H,3,12H2,1H3,(H2,13,14). The zero-order chi connectivity index (χ0) is 12.3. The number of hydrogen-bond donors (Lipinski definition) is 2. The van der Waals surface area contributed by atoms with Gasteiger partial charge in [-0.05, 0) is 6.07 Å².